The van der Waals surface area contributed by atoms with Gasteiger partial charge in [0.15, 0.2) is 11.5 Å². The molecule has 3 heterocycles. The first-order valence-corrected chi connectivity index (χ1v) is 10.8. The van der Waals surface area contributed by atoms with Gasteiger partial charge < -0.3 is 30.6 Å². The molecule has 0 spiro atoms. The summed E-state index contributed by atoms with van der Waals surface area (Å²) in [6.45, 7) is 0.820. The highest BCUT2D eigenvalue weighted by molar-refractivity contribution is 6.06. The number of fused-ring (bicyclic) bond motifs is 1. The van der Waals surface area contributed by atoms with Gasteiger partial charge in [-0.25, -0.2) is 4.99 Å². The number of benzene rings is 1. The van der Waals surface area contributed by atoms with E-state index in [9.17, 15) is 23.1 Å². The molecule has 4 N–H and O–H groups in total. The second-order valence-corrected chi connectivity index (χ2v) is 7.95. The van der Waals surface area contributed by atoms with E-state index in [0.29, 0.717) is 30.4 Å². The third-order valence-corrected chi connectivity index (χ3v) is 5.32. The van der Waals surface area contributed by atoms with Crippen LogP contribution in [0.15, 0.2) is 71.3 Å². The summed E-state index contributed by atoms with van der Waals surface area (Å²) < 4.78 is 52.3. The number of halogens is 3. The summed E-state index contributed by atoms with van der Waals surface area (Å²) >= 11 is 0. The van der Waals surface area contributed by atoms with Crippen LogP contribution in [0.5, 0.6) is 11.5 Å². The molecule has 188 valence electrons. The predicted octanol–water partition coefficient (Wildman–Crippen LogP) is 3.33. The van der Waals surface area contributed by atoms with Gasteiger partial charge in [0.2, 0.25) is 5.72 Å². The third kappa shape index (κ3) is 5.71. The number of anilines is 1. The number of aromatic nitrogens is 1. The first-order chi connectivity index (χ1) is 17.1. The van der Waals surface area contributed by atoms with Crippen LogP contribution in [0.2, 0.25) is 0 Å². The fourth-order valence-corrected chi connectivity index (χ4v) is 3.43. The molecule has 0 fully saturated rings. The van der Waals surface area contributed by atoms with Crippen molar-refractivity contribution in [2.75, 3.05) is 18.5 Å². The first kappa shape index (κ1) is 24.9. The fraction of sp³-hybridized carbons (Fsp3) is 0.250. The largest absolute Gasteiger partial charge is 0.486 e. The molecule has 1 aromatic heterocycles. The van der Waals surface area contributed by atoms with Crippen molar-refractivity contribution in [1.29, 1.82) is 5.41 Å². The lowest BCUT2D eigenvalue weighted by molar-refractivity contribution is -0.266. The van der Waals surface area contributed by atoms with Crippen molar-refractivity contribution in [3.63, 3.8) is 0 Å². The van der Waals surface area contributed by atoms with Crippen LogP contribution in [0.25, 0.3) is 0 Å². The van der Waals surface area contributed by atoms with Crippen LogP contribution < -0.4 is 20.1 Å². The predicted molar refractivity (Wildman–Crippen MR) is 125 cm³/mol. The van der Waals surface area contributed by atoms with Crippen molar-refractivity contribution in [3.8, 4) is 11.5 Å². The highest BCUT2D eigenvalue weighted by Crippen LogP contribution is 2.34. The van der Waals surface area contributed by atoms with Crippen molar-refractivity contribution in [1.82, 2.24) is 10.3 Å². The van der Waals surface area contributed by atoms with Crippen LogP contribution in [0, 0.1) is 5.41 Å². The number of hydrogen-bond acceptors (Lipinski definition) is 8. The van der Waals surface area contributed by atoms with E-state index < -0.39 is 29.9 Å². The second kappa shape index (κ2) is 10.2. The van der Waals surface area contributed by atoms with Crippen molar-refractivity contribution in [3.05, 3.63) is 71.8 Å². The van der Waals surface area contributed by atoms with Gasteiger partial charge in [0.05, 0.1) is 0 Å². The molecule has 1 aromatic carbocycles. The maximum Gasteiger partial charge on any atom is 0.436 e. The normalized spacial score (nSPS) is 16.7. The Balaban J connectivity index is 1.48. The molecule has 36 heavy (non-hydrogen) atoms. The zero-order chi connectivity index (χ0) is 25.8. The van der Waals surface area contributed by atoms with E-state index in [-0.39, 0.29) is 23.4 Å². The number of aliphatic hydroxyl groups is 1. The number of rotatable bonds is 7. The molecule has 0 bridgehead atoms. The van der Waals surface area contributed by atoms with Crippen LogP contribution in [0.4, 0.5) is 18.9 Å². The molecule has 0 aliphatic carbocycles. The molecule has 0 saturated heterocycles. The summed E-state index contributed by atoms with van der Waals surface area (Å²) in [5.74, 6) is 0.244. The van der Waals surface area contributed by atoms with Gasteiger partial charge in [-0.05, 0) is 30.4 Å². The Bertz CT molecular complexity index is 1240. The molecule has 2 aromatic rings. The van der Waals surface area contributed by atoms with Crippen LogP contribution in [0.1, 0.15) is 18.4 Å². The lowest BCUT2D eigenvalue weighted by Crippen LogP contribution is -2.57. The Morgan fingerprint density at radius 3 is 2.64 bits per heavy atom. The summed E-state index contributed by atoms with van der Waals surface area (Å²) in [6.07, 6.45) is 0.195. The Morgan fingerprint density at radius 1 is 1.14 bits per heavy atom. The maximum atomic E-state index is 13.8. The van der Waals surface area contributed by atoms with E-state index >= 15 is 0 Å². The number of pyridine rings is 1. The number of alkyl halides is 3. The average Bonchev–Trinajstić information content (AvgIpc) is 3.09. The summed E-state index contributed by atoms with van der Waals surface area (Å²) in [6, 6.07) is 7.81. The highest BCUT2D eigenvalue weighted by Gasteiger charge is 2.55. The number of carbonyl (C=O) groups is 1. The summed E-state index contributed by atoms with van der Waals surface area (Å²) in [4.78, 5) is 20.4. The Hall–Kier alpha value is -4.19. The topological polar surface area (TPSA) is 129 Å². The number of carbonyl (C=O) groups excluding carboxylic acids is 1. The van der Waals surface area contributed by atoms with E-state index in [0.717, 1.165) is 6.08 Å². The quantitative estimate of drug-likeness (QED) is 0.340. The van der Waals surface area contributed by atoms with Crippen LogP contribution in [-0.4, -0.2) is 53.0 Å². The summed E-state index contributed by atoms with van der Waals surface area (Å²) in [7, 11) is 0. The third-order valence-electron chi connectivity index (χ3n) is 5.32. The SMILES string of the molecule is N=C(CC(O)(NC1=CC=C(C(=O)Nc2ccc3c(c2)OCCO3)CC=N1)C(F)(F)F)c1cccnc1. The monoisotopic (exact) mass is 501 g/mol. The zero-order valence-electron chi connectivity index (χ0n) is 18.8. The molecular weight excluding hydrogens is 479 g/mol. The van der Waals surface area contributed by atoms with Gasteiger partial charge in [-0.1, -0.05) is 6.07 Å². The van der Waals surface area contributed by atoms with E-state index in [2.05, 4.69) is 15.3 Å². The second-order valence-electron chi connectivity index (χ2n) is 7.95. The fourth-order valence-electron chi connectivity index (χ4n) is 3.43. The van der Waals surface area contributed by atoms with E-state index in [4.69, 9.17) is 14.9 Å². The van der Waals surface area contributed by atoms with Gasteiger partial charge in [-0.2, -0.15) is 13.2 Å². The minimum atomic E-state index is -5.13. The van der Waals surface area contributed by atoms with Crippen LogP contribution in [0.3, 0.4) is 0 Å². The van der Waals surface area contributed by atoms with E-state index in [1.165, 1.54) is 36.8 Å². The number of aliphatic imine (C=N–C) groups is 1. The number of ether oxygens (including phenoxy) is 2. The maximum absolute atomic E-state index is 13.8. The number of amides is 1. The number of hydrogen-bond donors (Lipinski definition) is 4. The molecular formula is C24H22F3N5O4. The Kier molecular flexibility index (Phi) is 7.06. The Labute approximate surface area is 203 Å². The molecule has 1 unspecified atom stereocenters. The number of allylic oxidation sites excluding steroid dienone is 2. The van der Waals surface area contributed by atoms with Crippen molar-refractivity contribution in [2.45, 2.75) is 24.7 Å². The van der Waals surface area contributed by atoms with Crippen molar-refractivity contribution >= 4 is 23.5 Å². The molecule has 0 saturated carbocycles. The van der Waals surface area contributed by atoms with Gasteiger partial charge in [0, 0.05) is 60.1 Å². The zero-order valence-corrected chi connectivity index (χ0v) is 18.8. The van der Waals surface area contributed by atoms with Gasteiger partial charge in [-0.15, -0.1) is 0 Å². The summed E-state index contributed by atoms with van der Waals surface area (Å²) in [5.41, 5.74) is -3.13. The minimum absolute atomic E-state index is 0.0357. The first-order valence-electron chi connectivity index (χ1n) is 10.8. The van der Waals surface area contributed by atoms with Crippen molar-refractivity contribution < 1.29 is 32.5 Å². The van der Waals surface area contributed by atoms with E-state index in [1.807, 2.05) is 5.32 Å². The van der Waals surface area contributed by atoms with E-state index in [1.54, 1.807) is 18.2 Å². The van der Waals surface area contributed by atoms with Crippen LogP contribution >= 0.6 is 0 Å². The molecule has 2 aliphatic heterocycles. The summed E-state index contributed by atoms with van der Waals surface area (Å²) in [5, 5.41) is 23.1. The minimum Gasteiger partial charge on any atom is -0.486 e. The molecule has 4 rings (SSSR count). The lowest BCUT2D eigenvalue weighted by Gasteiger charge is -2.32. The van der Waals surface area contributed by atoms with Gasteiger partial charge in [0.25, 0.3) is 5.91 Å². The van der Waals surface area contributed by atoms with Crippen molar-refractivity contribution in [2.24, 2.45) is 4.99 Å². The lowest BCUT2D eigenvalue weighted by atomic mass is 10.0. The van der Waals surface area contributed by atoms with Gasteiger partial charge in [0.1, 0.15) is 19.0 Å². The average molecular weight is 501 g/mol. The molecule has 2 aliphatic rings. The smallest absolute Gasteiger partial charge is 0.436 e. The Morgan fingerprint density at radius 2 is 1.92 bits per heavy atom. The highest BCUT2D eigenvalue weighted by atomic mass is 19.4. The van der Waals surface area contributed by atoms with Gasteiger partial charge in [-0.3, -0.25) is 9.78 Å². The molecule has 0 radical (unpaired) electrons. The standard InChI is InChI=1S/C24H22F3N5O4/c25-24(26,27)23(34,13-18(28)16-2-1-8-29-14-16)32-21-6-3-15(7-9-30-21)22(33)31-17-4-5-19-20(12-17)36-11-10-35-19/h1-6,8-9,12,14,28,32,34H,7,10-11,13H2,(H,31,33). The molecule has 1 atom stereocenters. The molecule has 12 heteroatoms. The van der Waals surface area contributed by atoms with Gasteiger partial charge >= 0.3 is 6.18 Å². The van der Waals surface area contributed by atoms with Crippen LogP contribution in [-0.2, 0) is 4.79 Å². The molecule has 1 amide bonds. The number of nitrogens with one attached hydrogen (secondary N) is 3. The molecule has 9 nitrogen and oxygen atoms in total. The number of nitrogens with zero attached hydrogens (tertiary/aromatic N) is 2.